The summed E-state index contributed by atoms with van der Waals surface area (Å²) in [5.74, 6) is 2.29. The lowest BCUT2D eigenvalue weighted by molar-refractivity contribution is 0.565. The Balaban J connectivity index is 1.95. The molecule has 0 N–H and O–H groups in total. The number of aromatic nitrogens is 2. The molecule has 0 radical (unpaired) electrons. The Bertz CT molecular complexity index is 887. The number of rotatable bonds is 3. The smallest absolute Gasteiger partial charge is 0.0998 e. The molecule has 3 aromatic rings. The largest absolute Gasteiger partial charge is 0.326 e. The molecule has 1 aliphatic heterocycles. The molecule has 1 saturated heterocycles. The quantitative estimate of drug-likeness (QED) is 0.694. The van der Waals surface area contributed by atoms with Gasteiger partial charge in [0.05, 0.1) is 29.3 Å². The molecule has 4 rings (SSSR count). The minimum absolute atomic E-state index is 0.446. The summed E-state index contributed by atoms with van der Waals surface area (Å²) in [6.07, 6.45) is 3.10. The van der Waals surface area contributed by atoms with Crippen molar-refractivity contribution >= 4 is 11.8 Å². The van der Waals surface area contributed by atoms with Crippen LogP contribution in [0.3, 0.4) is 0 Å². The second-order valence-corrected chi connectivity index (χ2v) is 7.04. The highest BCUT2D eigenvalue weighted by molar-refractivity contribution is 7.99. The van der Waals surface area contributed by atoms with Gasteiger partial charge in [0, 0.05) is 22.9 Å². The Kier molecular flexibility index (Phi) is 4.10. The monoisotopic (exact) mass is 331 g/mol. The van der Waals surface area contributed by atoms with Gasteiger partial charge in [-0.2, -0.15) is 17.0 Å². The predicted molar refractivity (Wildman–Crippen MR) is 98.8 cm³/mol. The molecule has 0 unspecified atom stereocenters. The number of nitriles is 1. The molecule has 0 saturated carbocycles. The molecular formula is C20H17N3S. The third kappa shape index (κ3) is 2.61. The summed E-state index contributed by atoms with van der Waals surface area (Å²) in [5, 5.41) is 9.55. The van der Waals surface area contributed by atoms with E-state index >= 15 is 0 Å². The second kappa shape index (κ2) is 6.54. The molecule has 0 amide bonds. The zero-order valence-corrected chi connectivity index (χ0v) is 14.0. The Labute approximate surface area is 146 Å². The van der Waals surface area contributed by atoms with E-state index in [4.69, 9.17) is 4.98 Å². The lowest BCUT2D eigenvalue weighted by Gasteiger charge is -2.16. The van der Waals surface area contributed by atoms with Crippen LogP contribution in [0.1, 0.15) is 18.0 Å². The van der Waals surface area contributed by atoms with Crippen LogP contribution in [0.25, 0.3) is 22.5 Å². The molecule has 118 valence electrons. The van der Waals surface area contributed by atoms with Crippen LogP contribution in [0, 0.1) is 11.3 Å². The van der Waals surface area contributed by atoms with Gasteiger partial charge in [-0.3, -0.25) is 0 Å². The lowest BCUT2D eigenvalue weighted by atomic mass is 10.00. The van der Waals surface area contributed by atoms with Crippen molar-refractivity contribution in [3.05, 3.63) is 66.5 Å². The molecule has 1 atom stereocenters. The number of hydrogen-bond acceptors (Lipinski definition) is 3. The van der Waals surface area contributed by atoms with Gasteiger partial charge in [0.1, 0.15) is 0 Å². The molecule has 2 aromatic carbocycles. The number of nitrogens with zero attached hydrogens (tertiary/aromatic N) is 3. The Morgan fingerprint density at radius 1 is 1.08 bits per heavy atom. The van der Waals surface area contributed by atoms with Crippen molar-refractivity contribution in [2.24, 2.45) is 0 Å². The Hall–Kier alpha value is -2.51. The van der Waals surface area contributed by atoms with Crippen LogP contribution >= 0.6 is 11.8 Å². The number of imidazole rings is 1. The van der Waals surface area contributed by atoms with Crippen molar-refractivity contribution in [3.8, 4) is 28.6 Å². The summed E-state index contributed by atoms with van der Waals surface area (Å²) in [6.45, 7) is 0. The first-order valence-electron chi connectivity index (χ1n) is 8.08. The summed E-state index contributed by atoms with van der Waals surface area (Å²) in [5.41, 5.74) is 4.76. The average molecular weight is 331 g/mol. The summed E-state index contributed by atoms with van der Waals surface area (Å²) in [4.78, 5) is 4.73. The normalized spacial score (nSPS) is 16.9. The van der Waals surface area contributed by atoms with Gasteiger partial charge in [0.25, 0.3) is 0 Å². The van der Waals surface area contributed by atoms with Crippen molar-refractivity contribution in [2.45, 2.75) is 12.5 Å². The topological polar surface area (TPSA) is 41.6 Å². The van der Waals surface area contributed by atoms with Gasteiger partial charge < -0.3 is 4.57 Å². The molecule has 0 aliphatic carbocycles. The second-order valence-electron chi connectivity index (χ2n) is 5.89. The van der Waals surface area contributed by atoms with Crippen molar-refractivity contribution in [2.75, 3.05) is 11.5 Å². The minimum Gasteiger partial charge on any atom is -0.326 e. The molecular weight excluding hydrogens is 314 g/mol. The first kappa shape index (κ1) is 15.0. The van der Waals surface area contributed by atoms with E-state index in [1.54, 1.807) is 0 Å². The van der Waals surface area contributed by atoms with Gasteiger partial charge in [-0.15, -0.1) is 0 Å². The fourth-order valence-corrected chi connectivity index (χ4v) is 4.45. The van der Waals surface area contributed by atoms with Gasteiger partial charge >= 0.3 is 0 Å². The standard InChI is InChI=1S/C20H17N3S/c21-12-16-8-4-5-9-18(16)20-19(15-6-2-1-3-7-15)22-14-23(20)17-10-11-24-13-17/h1-9,14,17H,10-11,13H2/t17-/m1/s1. The molecule has 0 spiro atoms. The van der Waals surface area contributed by atoms with Crippen LogP contribution in [0.5, 0.6) is 0 Å². The number of hydrogen-bond donors (Lipinski definition) is 0. The minimum atomic E-state index is 0.446. The van der Waals surface area contributed by atoms with Crippen molar-refractivity contribution in [1.29, 1.82) is 5.26 Å². The third-order valence-corrected chi connectivity index (χ3v) is 5.59. The number of benzene rings is 2. The van der Waals surface area contributed by atoms with E-state index in [1.165, 1.54) is 5.75 Å². The van der Waals surface area contributed by atoms with Crippen LogP contribution in [-0.4, -0.2) is 21.1 Å². The van der Waals surface area contributed by atoms with Crippen LogP contribution in [0.15, 0.2) is 60.9 Å². The summed E-state index contributed by atoms with van der Waals surface area (Å²) >= 11 is 1.98. The Morgan fingerprint density at radius 2 is 1.88 bits per heavy atom. The summed E-state index contributed by atoms with van der Waals surface area (Å²) in [7, 11) is 0. The fourth-order valence-electron chi connectivity index (χ4n) is 3.24. The molecule has 0 bridgehead atoms. The van der Waals surface area contributed by atoms with Crippen LogP contribution in [-0.2, 0) is 0 Å². The Morgan fingerprint density at radius 3 is 2.62 bits per heavy atom. The molecule has 1 aliphatic rings. The highest BCUT2D eigenvalue weighted by Crippen LogP contribution is 2.38. The highest BCUT2D eigenvalue weighted by Gasteiger charge is 2.24. The van der Waals surface area contributed by atoms with Gasteiger partial charge in [0.15, 0.2) is 0 Å². The van der Waals surface area contributed by atoms with Crippen molar-refractivity contribution < 1.29 is 0 Å². The molecule has 24 heavy (non-hydrogen) atoms. The fraction of sp³-hybridized carbons (Fsp3) is 0.200. The molecule has 2 heterocycles. The third-order valence-electron chi connectivity index (χ3n) is 4.44. The van der Waals surface area contributed by atoms with Crippen LogP contribution in [0.4, 0.5) is 0 Å². The van der Waals surface area contributed by atoms with E-state index in [0.717, 1.165) is 34.7 Å². The van der Waals surface area contributed by atoms with Crippen molar-refractivity contribution in [3.63, 3.8) is 0 Å². The maximum Gasteiger partial charge on any atom is 0.0998 e. The van der Waals surface area contributed by atoms with E-state index in [1.807, 2.05) is 60.6 Å². The molecule has 1 fully saturated rings. The van der Waals surface area contributed by atoms with Crippen LogP contribution < -0.4 is 0 Å². The highest BCUT2D eigenvalue weighted by atomic mass is 32.2. The van der Waals surface area contributed by atoms with Gasteiger partial charge in [-0.1, -0.05) is 48.5 Å². The van der Waals surface area contributed by atoms with E-state index < -0.39 is 0 Å². The van der Waals surface area contributed by atoms with Gasteiger partial charge in [-0.05, 0) is 18.2 Å². The lowest BCUT2D eigenvalue weighted by Crippen LogP contribution is -2.08. The van der Waals surface area contributed by atoms with E-state index in [2.05, 4.69) is 22.8 Å². The van der Waals surface area contributed by atoms with Crippen molar-refractivity contribution in [1.82, 2.24) is 9.55 Å². The number of thioether (sulfide) groups is 1. The average Bonchev–Trinajstić information content (AvgIpc) is 3.31. The summed E-state index contributed by atoms with van der Waals surface area (Å²) < 4.78 is 2.28. The zero-order valence-electron chi connectivity index (χ0n) is 13.2. The van der Waals surface area contributed by atoms with E-state index in [9.17, 15) is 5.26 Å². The summed E-state index contributed by atoms with van der Waals surface area (Å²) in [6, 6.07) is 20.8. The predicted octanol–water partition coefficient (Wildman–Crippen LogP) is 4.77. The first-order chi connectivity index (χ1) is 11.9. The SMILES string of the molecule is N#Cc1ccccc1-c1c(-c2ccccc2)ncn1[C@@H]1CCSC1. The molecule has 4 heteroatoms. The maximum atomic E-state index is 9.55. The van der Waals surface area contributed by atoms with E-state index in [0.29, 0.717) is 11.6 Å². The maximum absolute atomic E-state index is 9.55. The molecule has 1 aromatic heterocycles. The first-order valence-corrected chi connectivity index (χ1v) is 9.23. The van der Waals surface area contributed by atoms with E-state index in [-0.39, 0.29) is 0 Å². The zero-order chi connectivity index (χ0) is 16.4. The van der Waals surface area contributed by atoms with Gasteiger partial charge in [0.2, 0.25) is 0 Å². The van der Waals surface area contributed by atoms with Gasteiger partial charge in [-0.25, -0.2) is 4.98 Å². The molecule has 3 nitrogen and oxygen atoms in total. The van der Waals surface area contributed by atoms with Crippen LogP contribution in [0.2, 0.25) is 0 Å².